The molecule has 0 radical (unpaired) electrons. The second kappa shape index (κ2) is 6.81. The monoisotopic (exact) mass is 350 g/mol. The van der Waals surface area contributed by atoms with Gasteiger partial charge < -0.3 is 19.5 Å². The van der Waals surface area contributed by atoms with Crippen LogP contribution in [0.2, 0.25) is 0 Å². The van der Waals surface area contributed by atoms with Gasteiger partial charge in [0.2, 0.25) is 0 Å². The Bertz CT molecular complexity index is 1030. The minimum atomic E-state index is -1.20. The van der Waals surface area contributed by atoms with E-state index in [-0.39, 0.29) is 11.3 Å². The van der Waals surface area contributed by atoms with Gasteiger partial charge in [-0.2, -0.15) is 5.26 Å². The summed E-state index contributed by atoms with van der Waals surface area (Å²) in [5, 5.41) is 29.2. The summed E-state index contributed by atoms with van der Waals surface area (Å²) in [5.41, 5.74) is 1.63. The van der Waals surface area contributed by atoms with Crippen molar-refractivity contribution in [3.8, 4) is 23.3 Å². The Balaban J connectivity index is 2.09. The van der Waals surface area contributed by atoms with Crippen LogP contribution in [0.5, 0.6) is 11.5 Å². The molecule has 2 aromatic carbocycles. The van der Waals surface area contributed by atoms with Crippen molar-refractivity contribution in [3.05, 3.63) is 53.7 Å². The molecule has 1 heterocycles. The molecule has 0 aliphatic carbocycles. The van der Waals surface area contributed by atoms with Crippen LogP contribution in [0.15, 0.2) is 42.6 Å². The lowest BCUT2D eigenvalue weighted by Crippen LogP contribution is -2.04. The summed E-state index contributed by atoms with van der Waals surface area (Å²) in [6.07, 6.45) is 1.66. The summed E-state index contributed by atoms with van der Waals surface area (Å²) in [4.78, 5) is 11.1. The molecule has 0 saturated carbocycles. The third kappa shape index (κ3) is 3.20. The molecule has 3 aromatic rings. The van der Waals surface area contributed by atoms with Crippen molar-refractivity contribution >= 4 is 16.9 Å². The van der Waals surface area contributed by atoms with E-state index in [4.69, 9.17) is 9.84 Å². The van der Waals surface area contributed by atoms with Gasteiger partial charge in [-0.1, -0.05) is 13.8 Å². The molecule has 0 amide bonds. The van der Waals surface area contributed by atoms with Crippen LogP contribution in [-0.2, 0) is 0 Å². The summed E-state index contributed by atoms with van der Waals surface area (Å²) in [7, 11) is 0. The number of fused-ring (bicyclic) bond motifs is 1. The quantitative estimate of drug-likeness (QED) is 0.726. The summed E-state index contributed by atoms with van der Waals surface area (Å²) in [6.45, 7) is 4.70. The lowest BCUT2D eigenvalue weighted by molar-refractivity contribution is 0.0693. The van der Waals surface area contributed by atoms with Gasteiger partial charge in [0.1, 0.15) is 23.1 Å². The highest BCUT2D eigenvalue weighted by atomic mass is 16.5. The lowest BCUT2D eigenvalue weighted by Gasteiger charge is -2.10. The number of nitriles is 1. The molecule has 0 bridgehead atoms. The highest BCUT2D eigenvalue weighted by Gasteiger charge is 2.14. The second-order valence-corrected chi connectivity index (χ2v) is 6.41. The van der Waals surface area contributed by atoms with E-state index in [1.54, 1.807) is 16.8 Å². The standard InChI is InChI=1S/C20H18N2O4/c1-12(2)11-26-15-4-6-18-17(8-15)13(9-21)10-22(18)14-3-5-16(20(24)25)19(23)7-14/h3-8,10,12,23H,11H2,1-2H3,(H,24,25). The first-order valence-corrected chi connectivity index (χ1v) is 8.15. The molecule has 2 N–H and O–H groups in total. The maximum absolute atomic E-state index is 11.1. The van der Waals surface area contributed by atoms with Crippen LogP contribution in [0.4, 0.5) is 0 Å². The van der Waals surface area contributed by atoms with Crippen LogP contribution in [0, 0.1) is 17.2 Å². The largest absolute Gasteiger partial charge is 0.507 e. The van der Waals surface area contributed by atoms with Gasteiger partial charge in [-0.25, -0.2) is 4.79 Å². The smallest absolute Gasteiger partial charge is 0.339 e. The fraction of sp³-hybridized carbons (Fsp3) is 0.200. The van der Waals surface area contributed by atoms with Gasteiger partial charge in [0.15, 0.2) is 0 Å². The van der Waals surface area contributed by atoms with Crippen LogP contribution in [0.3, 0.4) is 0 Å². The third-order valence-electron chi connectivity index (χ3n) is 3.97. The van der Waals surface area contributed by atoms with Crippen molar-refractivity contribution in [2.24, 2.45) is 5.92 Å². The van der Waals surface area contributed by atoms with Gasteiger partial charge >= 0.3 is 5.97 Å². The number of aromatic hydroxyl groups is 1. The minimum Gasteiger partial charge on any atom is -0.507 e. The molecule has 0 unspecified atom stereocenters. The molecule has 0 spiro atoms. The summed E-state index contributed by atoms with van der Waals surface area (Å²) in [5.74, 6) is -0.450. The van der Waals surface area contributed by atoms with Gasteiger partial charge in [-0.3, -0.25) is 0 Å². The van der Waals surface area contributed by atoms with Crippen LogP contribution < -0.4 is 4.74 Å². The maximum Gasteiger partial charge on any atom is 0.339 e. The molecule has 6 heteroatoms. The summed E-state index contributed by atoms with van der Waals surface area (Å²) in [6, 6.07) is 11.9. The SMILES string of the molecule is CC(C)COc1ccc2c(c1)c(C#N)cn2-c1ccc(C(=O)O)c(O)c1. The fourth-order valence-corrected chi connectivity index (χ4v) is 2.72. The van der Waals surface area contributed by atoms with E-state index in [0.29, 0.717) is 29.5 Å². The van der Waals surface area contributed by atoms with Gasteiger partial charge in [0.25, 0.3) is 0 Å². The number of benzene rings is 2. The molecule has 0 aliphatic heterocycles. The molecule has 3 rings (SSSR count). The Morgan fingerprint density at radius 3 is 2.65 bits per heavy atom. The van der Waals surface area contributed by atoms with E-state index < -0.39 is 5.97 Å². The van der Waals surface area contributed by atoms with E-state index in [9.17, 15) is 15.2 Å². The third-order valence-corrected chi connectivity index (χ3v) is 3.97. The van der Waals surface area contributed by atoms with E-state index in [2.05, 4.69) is 19.9 Å². The minimum absolute atomic E-state index is 0.171. The van der Waals surface area contributed by atoms with Crippen LogP contribution in [0.25, 0.3) is 16.6 Å². The van der Waals surface area contributed by atoms with Crippen molar-refractivity contribution in [1.82, 2.24) is 4.57 Å². The van der Waals surface area contributed by atoms with Crippen molar-refractivity contribution in [3.63, 3.8) is 0 Å². The predicted octanol–water partition coefficient (Wildman–Crippen LogP) is 3.94. The summed E-state index contributed by atoms with van der Waals surface area (Å²) >= 11 is 0. The van der Waals surface area contributed by atoms with E-state index >= 15 is 0 Å². The molecule has 0 atom stereocenters. The Morgan fingerprint density at radius 2 is 2.04 bits per heavy atom. The number of aromatic nitrogens is 1. The Kier molecular flexibility index (Phi) is 4.55. The first-order valence-electron chi connectivity index (χ1n) is 8.15. The van der Waals surface area contributed by atoms with Crippen molar-refractivity contribution in [1.29, 1.82) is 5.26 Å². The van der Waals surface area contributed by atoms with Crippen LogP contribution >= 0.6 is 0 Å². The molecule has 0 aliphatic rings. The zero-order chi connectivity index (χ0) is 18.8. The number of carbonyl (C=O) groups is 1. The number of phenols is 1. The molecule has 132 valence electrons. The Morgan fingerprint density at radius 1 is 1.27 bits per heavy atom. The first-order chi connectivity index (χ1) is 12.4. The normalized spacial score (nSPS) is 10.8. The topological polar surface area (TPSA) is 95.5 Å². The Hall–Kier alpha value is -3.46. The molecule has 26 heavy (non-hydrogen) atoms. The van der Waals surface area contributed by atoms with E-state index in [1.807, 2.05) is 18.2 Å². The van der Waals surface area contributed by atoms with Crippen molar-refractivity contribution < 1.29 is 19.7 Å². The average Bonchev–Trinajstić information content (AvgIpc) is 2.97. The summed E-state index contributed by atoms with van der Waals surface area (Å²) < 4.78 is 7.47. The number of ether oxygens (including phenoxy) is 1. The fourth-order valence-electron chi connectivity index (χ4n) is 2.72. The van der Waals surface area contributed by atoms with E-state index in [0.717, 1.165) is 10.9 Å². The molecule has 1 aromatic heterocycles. The number of hydrogen-bond donors (Lipinski definition) is 2. The highest BCUT2D eigenvalue weighted by molar-refractivity contribution is 5.92. The predicted molar refractivity (Wildman–Crippen MR) is 96.9 cm³/mol. The average molecular weight is 350 g/mol. The van der Waals surface area contributed by atoms with Gasteiger partial charge in [-0.15, -0.1) is 0 Å². The van der Waals surface area contributed by atoms with E-state index in [1.165, 1.54) is 12.1 Å². The van der Waals surface area contributed by atoms with Gasteiger partial charge in [0, 0.05) is 23.3 Å². The molecular weight excluding hydrogens is 332 g/mol. The molecule has 0 saturated heterocycles. The number of rotatable bonds is 5. The number of carboxylic acids is 1. The maximum atomic E-state index is 11.1. The van der Waals surface area contributed by atoms with Crippen molar-refractivity contribution in [2.75, 3.05) is 6.61 Å². The van der Waals surface area contributed by atoms with Crippen LogP contribution in [0.1, 0.15) is 29.8 Å². The first kappa shape index (κ1) is 17.4. The van der Waals surface area contributed by atoms with Crippen molar-refractivity contribution in [2.45, 2.75) is 13.8 Å². The number of carboxylic acid groups (broad SMARTS) is 1. The molecular formula is C20H18N2O4. The van der Waals surface area contributed by atoms with Crippen LogP contribution in [-0.4, -0.2) is 27.4 Å². The Labute approximate surface area is 150 Å². The zero-order valence-electron chi connectivity index (χ0n) is 14.4. The number of nitrogens with zero attached hydrogens (tertiary/aromatic N) is 2. The van der Waals surface area contributed by atoms with Gasteiger partial charge in [-0.05, 0) is 36.2 Å². The van der Waals surface area contributed by atoms with Gasteiger partial charge in [0.05, 0.1) is 17.7 Å². The lowest BCUT2D eigenvalue weighted by atomic mass is 10.1. The second-order valence-electron chi connectivity index (χ2n) is 6.41. The molecule has 0 fully saturated rings. The number of hydrogen-bond acceptors (Lipinski definition) is 4. The molecule has 6 nitrogen and oxygen atoms in total. The number of aromatic carboxylic acids is 1. The highest BCUT2D eigenvalue weighted by Crippen LogP contribution is 2.30. The zero-order valence-corrected chi connectivity index (χ0v) is 14.4.